The van der Waals surface area contributed by atoms with Gasteiger partial charge in [0.15, 0.2) is 0 Å². The summed E-state index contributed by atoms with van der Waals surface area (Å²) in [5.41, 5.74) is 0.0630. The molecule has 0 spiro atoms. The van der Waals surface area contributed by atoms with Crippen molar-refractivity contribution in [2.24, 2.45) is 5.92 Å². The van der Waals surface area contributed by atoms with Gasteiger partial charge < -0.3 is 19.7 Å². The average molecular weight is 403 g/mol. The summed E-state index contributed by atoms with van der Waals surface area (Å²) in [6.45, 7) is 9.98. The highest BCUT2D eigenvalue weighted by atomic mass is 16.5. The number of rotatable bonds is 11. The van der Waals surface area contributed by atoms with Gasteiger partial charge in [0.05, 0.1) is 6.61 Å². The fourth-order valence-corrected chi connectivity index (χ4v) is 4.15. The third-order valence-electron chi connectivity index (χ3n) is 6.32. The second kappa shape index (κ2) is 10.4. The van der Waals surface area contributed by atoms with Crippen LogP contribution < -0.4 is 10.1 Å². The molecule has 2 aliphatic rings. The first-order valence-corrected chi connectivity index (χ1v) is 11.4. The van der Waals surface area contributed by atoms with Crippen LogP contribution in [0.15, 0.2) is 24.3 Å². The van der Waals surface area contributed by atoms with Crippen molar-refractivity contribution in [3.05, 3.63) is 24.3 Å². The molecule has 0 unspecified atom stereocenters. The fraction of sp³-hybridized carbons (Fsp3) is 0.708. The van der Waals surface area contributed by atoms with Crippen molar-refractivity contribution in [1.29, 1.82) is 0 Å². The molecule has 1 saturated heterocycles. The Kier molecular flexibility index (Phi) is 7.96. The lowest BCUT2D eigenvalue weighted by atomic mass is 9.98. The third-order valence-corrected chi connectivity index (χ3v) is 6.32. The number of ether oxygens (including phenoxy) is 2. The molecule has 1 aliphatic carbocycles. The Morgan fingerprint density at radius 3 is 2.59 bits per heavy atom. The standard InChI is InChI=1S/C24H38N2O3/c1-4-17-29-24(3,20-9-10-20)23(27)25-21-11-13-22(14-12-21)28-18-7-16-26-15-6-5-8-19(26)2/h11-14,19-20H,4-10,15-18H2,1-3H3,(H,25,27)/t19-,24+/m1/s1. The van der Waals surface area contributed by atoms with Crippen molar-refractivity contribution >= 4 is 11.6 Å². The highest BCUT2D eigenvalue weighted by Gasteiger charge is 2.48. The molecule has 2 fully saturated rings. The molecule has 162 valence electrons. The maximum atomic E-state index is 12.8. The molecule has 0 bridgehead atoms. The van der Waals surface area contributed by atoms with Crippen molar-refractivity contribution in [1.82, 2.24) is 4.90 Å². The summed E-state index contributed by atoms with van der Waals surface area (Å²) in [6, 6.07) is 8.38. The molecule has 2 atom stereocenters. The number of carbonyl (C=O) groups is 1. The Bertz CT molecular complexity index is 644. The first-order chi connectivity index (χ1) is 14.0. The fourth-order valence-electron chi connectivity index (χ4n) is 4.15. The largest absolute Gasteiger partial charge is 0.494 e. The van der Waals surface area contributed by atoms with Crippen LogP contribution in [-0.2, 0) is 9.53 Å². The number of benzene rings is 1. The summed E-state index contributed by atoms with van der Waals surface area (Å²) in [5.74, 6) is 1.14. The molecule has 1 saturated carbocycles. The Morgan fingerprint density at radius 1 is 1.17 bits per heavy atom. The van der Waals surface area contributed by atoms with Gasteiger partial charge in [0.1, 0.15) is 11.4 Å². The average Bonchev–Trinajstić information content (AvgIpc) is 3.57. The van der Waals surface area contributed by atoms with Gasteiger partial charge in [0, 0.05) is 24.9 Å². The van der Waals surface area contributed by atoms with E-state index < -0.39 is 5.60 Å². The Morgan fingerprint density at radius 2 is 1.93 bits per heavy atom. The number of nitrogens with zero attached hydrogens (tertiary/aromatic N) is 1. The molecule has 1 heterocycles. The van der Waals surface area contributed by atoms with Crippen molar-refractivity contribution in [2.75, 3.05) is 31.6 Å². The van der Waals surface area contributed by atoms with Gasteiger partial charge in [-0.3, -0.25) is 4.79 Å². The van der Waals surface area contributed by atoms with Crippen LogP contribution in [0.3, 0.4) is 0 Å². The normalized spacial score (nSPS) is 22.1. The molecule has 5 nitrogen and oxygen atoms in total. The summed E-state index contributed by atoms with van der Waals surface area (Å²) in [4.78, 5) is 15.4. The van der Waals surface area contributed by atoms with E-state index in [9.17, 15) is 4.79 Å². The van der Waals surface area contributed by atoms with Gasteiger partial charge in [-0.2, -0.15) is 0 Å². The number of nitrogens with one attached hydrogen (secondary N) is 1. The van der Waals surface area contributed by atoms with E-state index in [2.05, 4.69) is 24.1 Å². The van der Waals surface area contributed by atoms with Gasteiger partial charge in [-0.25, -0.2) is 0 Å². The summed E-state index contributed by atoms with van der Waals surface area (Å²) >= 11 is 0. The third kappa shape index (κ3) is 6.19. The van der Waals surface area contributed by atoms with Gasteiger partial charge in [0.25, 0.3) is 5.91 Å². The van der Waals surface area contributed by atoms with Gasteiger partial charge in [-0.1, -0.05) is 13.3 Å². The number of likely N-dealkylation sites (tertiary alicyclic amines) is 1. The minimum Gasteiger partial charge on any atom is -0.494 e. The zero-order valence-electron chi connectivity index (χ0n) is 18.4. The zero-order valence-corrected chi connectivity index (χ0v) is 18.4. The summed E-state index contributed by atoms with van der Waals surface area (Å²) in [6.07, 6.45) is 8.09. The van der Waals surface area contributed by atoms with Gasteiger partial charge in [-0.05, 0) is 89.1 Å². The van der Waals surface area contributed by atoms with Crippen LogP contribution in [0.4, 0.5) is 5.69 Å². The number of hydrogen-bond acceptors (Lipinski definition) is 4. The van der Waals surface area contributed by atoms with E-state index in [-0.39, 0.29) is 5.91 Å². The lowest BCUT2D eigenvalue weighted by Crippen LogP contribution is -2.45. The van der Waals surface area contributed by atoms with Crippen LogP contribution in [0.2, 0.25) is 0 Å². The minimum atomic E-state index is -0.725. The Hall–Kier alpha value is -1.59. The zero-order chi connectivity index (χ0) is 20.7. The molecule has 1 amide bonds. The second-order valence-corrected chi connectivity index (χ2v) is 8.79. The van der Waals surface area contributed by atoms with Crippen LogP contribution in [0.1, 0.15) is 65.7 Å². The van der Waals surface area contributed by atoms with Gasteiger partial charge in [-0.15, -0.1) is 0 Å². The van der Waals surface area contributed by atoms with E-state index in [1.54, 1.807) is 0 Å². The molecule has 29 heavy (non-hydrogen) atoms. The highest BCUT2D eigenvalue weighted by Crippen LogP contribution is 2.42. The number of carbonyl (C=O) groups excluding carboxylic acids is 1. The topological polar surface area (TPSA) is 50.8 Å². The van der Waals surface area contributed by atoms with Crippen molar-refractivity contribution in [3.63, 3.8) is 0 Å². The highest BCUT2D eigenvalue weighted by molar-refractivity contribution is 5.97. The maximum Gasteiger partial charge on any atom is 0.256 e. The van der Waals surface area contributed by atoms with Crippen LogP contribution in [0.5, 0.6) is 5.75 Å². The van der Waals surface area contributed by atoms with E-state index in [0.717, 1.165) is 50.3 Å². The van der Waals surface area contributed by atoms with Crippen molar-refractivity contribution in [3.8, 4) is 5.75 Å². The summed E-state index contributed by atoms with van der Waals surface area (Å²) in [7, 11) is 0. The number of piperidine rings is 1. The lowest BCUT2D eigenvalue weighted by molar-refractivity contribution is -0.142. The molecule has 0 radical (unpaired) electrons. The molecular weight excluding hydrogens is 364 g/mol. The quantitative estimate of drug-likeness (QED) is 0.537. The van der Waals surface area contributed by atoms with Gasteiger partial charge >= 0.3 is 0 Å². The van der Waals surface area contributed by atoms with E-state index in [1.165, 1.54) is 25.8 Å². The molecule has 0 aromatic heterocycles. The van der Waals surface area contributed by atoms with Crippen LogP contribution in [0, 0.1) is 5.92 Å². The van der Waals surface area contributed by atoms with E-state index in [0.29, 0.717) is 18.6 Å². The predicted molar refractivity (Wildman–Crippen MR) is 117 cm³/mol. The molecule has 1 aliphatic heterocycles. The molecular formula is C24H38N2O3. The minimum absolute atomic E-state index is 0.0437. The molecule has 1 aromatic rings. The smallest absolute Gasteiger partial charge is 0.256 e. The van der Waals surface area contributed by atoms with Crippen LogP contribution in [0.25, 0.3) is 0 Å². The van der Waals surface area contributed by atoms with E-state index in [1.807, 2.05) is 31.2 Å². The lowest BCUT2D eigenvalue weighted by Gasteiger charge is -2.33. The molecule has 1 N–H and O–H groups in total. The van der Waals surface area contributed by atoms with Crippen molar-refractivity contribution < 1.29 is 14.3 Å². The Balaban J connectivity index is 1.43. The molecule has 5 heteroatoms. The van der Waals surface area contributed by atoms with E-state index in [4.69, 9.17) is 9.47 Å². The Labute approximate surface area is 176 Å². The van der Waals surface area contributed by atoms with Gasteiger partial charge in [0.2, 0.25) is 0 Å². The molecule has 3 rings (SSSR count). The first-order valence-electron chi connectivity index (χ1n) is 11.4. The first kappa shape index (κ1) is 22.1. The second-order valence-electron chi connectivity index (χ2n) is 8.79. The summed E-state index contributed by atoms with van der Waals surface area (Å²) < 4.78 is 11.8. The number of anilines is 1. The van der Waals surface area contributed by atoms with Crippen molar-refractivity contribution in [2.45, 2.75) is 77.4 Å². The van der Waals surface area contributed by atoms with Crippen LogP contribution in [-0.4, -0.2) is 48.8 Å². The monoisotopic (exact) mass is 402 g/mol. The van der Waals surface area contributed by atoms with E-state index >= 15 is 0 Å². The van der Waals surface area contributed by atoms with Crippen LogP contribution >= 0.6 is 0 Å². The number of amides is 1. The molecule has 1 aromatic carbocycles. The predicted octanol–water partition coefficient (Wildman–Crippen LogP) is 4.86. The SMILES string of the molecule is CCCO[C@](C)(C(=O)Nc1ccc(OCCCN2CCCC[C@H]2C)cc1)C1CC1. The summed E-state index contributed by atoms with van der Waals surface area (Å²) in [5, 5.41) is 3.03. The maximum absolute atomic E-state index is 12.8. The number of hydrogen-bond donors (Lipinski definition) is 1.